The molecular weight excluding hydrogens is 384 g/mol. The highest BCUT2D eigenvalue weighted by Gasteiger charge is 2.32. The lowest BCUT2D eigenvalue weighted by Gasteiger charge is -2.33. The molecule has 3 heterocycles. The number of methoxy groups -OCH3 is 2. The van der Waals surface area contributed by atoms with E-state index in [1.807, 2.05) is 13.0 Å². The van der Waals surface area contributed by atoms with Crippen LogP contribution >= 0.6 is 0 Å². The Morgan fingerprint density at radius 2 is 2.03 bits per heavy atom. The fourth-order valence-corrected chi connectivity index (χ4v) is 3.16. The summed E-state index contributed by atoms with van der Waals surface area (Å²) in [5.74, 6) is 1.86. The van der Waals surface area contributed by atoms with Gasteiger partial charge in [-0.05, 0) is 42.8 Å². The van der Waals surface area contributed by atoms with Gasteiger partial charge in [0.1, 0.15) is 11.9 Å². The van der Waals surface area contributed by atoms with Crippen molar-refractivity contribution < 1.29 is 21.7 Å². The number of hydrogen-bond donors (Lipinski definition) is 2. The van der Waals surface area contributed by atoms with Gasteiger partial charge < -0.3 is 30.0 Å². The maximum Gasteiger partial charge on any atom is 0.212 e. The molecule has 3 N–H and O–H groups in total. The number of fused-ring (bicyclic) bond motifs is 1. The van der Waals surface area contributed by atoms with Gasteiger partial charge in [-0.1, -0.05) is 0 Å². The van der Waals surface area contributed by atoms with E-state index in [1.54, 1.807) is 43.6 Å². The minimum atomic E-state index is -2.01. The molecular formula is C22H24N4O4. The van der Waals surface area contributed by atoms with Crippen molar-refractivity contribution in [3.63, 3.8) is 0 Å². The van der Waals surface area contributed by atoms with Gasteiger partial charge in [-0.3, -0.25) is 0 Å². The lowest BCUT2D eigenvalue weighted by Crippen LogP contribution is -2.31. The van der Waals surface area contributed by atoms with Crippen molar-refractivity contribution in [2.24, 2.45) is 0 Å². The summed E-state index contributed by atoms with van der Waals surface area (Å²) in [4.78, 5) is 8.34. The van der Waals surface area contributed by atoms with E-state index in [-0.39, 0.29) is 17.5 Å². The van der Waals surface area contributed by atoms with Crippen molar-refractivity contribution in [3.8, 4) is 23.1 Å². The SMILES string of the molecule is [2H]C([2H])(Nc1ncccc1N)c1cc(OC)c2c(c1)O[C@@H](C)[C@H](c1ccc(OC)nc1)O2. The standard InChI is InChI=1S/C22H24N4O4/c1-13-20(15-6-7-19(28-3)25-12-15)30-21-17(27-2)9-14(10-18(21)29-13)11-26-22-16(23)5-4-8-24-22/h4-10,12-13,20H,11,23H2,1-3H3,(H,24,26)/t13-,20+/m0/s1/i11D2. The average molecular weight is 410 g/mol. The fourth-order valence-electron chi connectivity index (χ4n) is 3.16. The molecule has 0 fully saturated rings. The molecule has 3 aromatic rings. The summed E-state index contributed by atoms with van der Waals surface area (Å²) < 4.78 is 40.0. The topological polar surface area (TPSA) is 101 Å². The first-order valence-corrected chi connectivity index (χ1v) is 9.37. The normalized spacial score (nSPS) is 18.8. The van der Waals surface area contributed by atoms with Crippen LogP contribution in [0.3, 0.4) is 0 Å². The number of nitrogens with two attached hydrogens (primary N) is 1. The molecule has 0 saturated carbocycles. The highest BCUT2D eigenvalue weighted by Crippen LogP contribution is 2.46. The van der Waals surface area contributed by atoms with E-state index in [4.69, 9.17) is 27.4 Å². The van der Waals surface area contributed by atoms with Crippen LogP contribution in [0.15, 0.2) is 48.8 Å². The molecule has 0 amide bonds. The summed E-state index contributed by atoms with van der Waals surface area (Å²) in [6.45, 7) is -0.132. The van der Waals surface area contributed by atoms with E-state index in [0.29, 0.717) is 28.8 Å². The zero-order chi connectivity index (χ0) is 22.9. The van der Waals surface area contributed by atoms with Crippen LogP contribution in [-0.2, 0) is 6.50 Å². The van der Waals surface area contributed by atoms with Gasteiger partial charge in [0.2, 0.25) is 11.6 Å². The second kappa shape index (κ2) is 8.36. The lowest BCUT2D eigenvalue weighted by molar-refractivity contribution is 0.0277. The molecule has 1 aromatic carbocycles. The van der Waals surface area contributed by atoms with Gasteiger partial charge in [0, 0.05) is 30.5 Å². The maximum absolute atomic E-state index is 8.54. The number of benzene rings is 1. The molecule has 0 saturated heterocycles. The Balaban J connectivity index is 1.66. The number of ether oxygens (including phenoxy) is 4. The number of anilines is 2. The van der Waals surface area contributed by atoms with Crippen LogP contribution < -0.4 is 30.0 Å². The number of aromatic nitrogens is 2. The lowest BCUT2D eigenvalue weighted by atomic mass is 10.0. The van der Waals surface area contributed by atoms with Gasteiger partial charge in [-0.2, -0.15) is 0 Å². The Hall–Kier alpha value is -3.68. The Bertz CT molecular complexity index is 1110. The molecule has 1 aliphatic rings. The van der Waals surface area contributed by atoms with Crippen LogP contribution in [0.25, 0.3) is 0 Å². The van der Waals surface area contributed by atoms with Crippen LogP contribution in [-0.4, -0.2) is 30.3 Å². The van der Waals surface area contributed by atoms with E-state index in [1.165, 1.54) is 13.3 Å². The molecule has 4 rings (SSSR count). The number of nitrogen functional groups attached to an aromatic ring is 1. The van der Waals surface area contributed by atoms with Gasteiger partial charge in [-0.15, -0.1) is 0 Å². The zero-order valence-corrected chi connectivity index (χ0v) is 16.9. The molecule has 0 bridgehead atoms. The first-order chi connectivity index (χ1) is 15.3. The molecule has 8 heteroatoms. The summed E-state index contributed by atoms with van der Waals surface area (Å²) in [6, 6.07) is 10.1. The number of nitrogens with zero attached hydrogens (tertiary/aromatic N) is 2. The minimum absolute atomic E-state index is 0.242. The summed E-state index contributed by atoms with van der Waals surface area (Å²) in [5, 5.41) is 2.74. The van der Waals surface area contributed by atoms with Crippen LogP contribution in [0.4, 0.5) is 11.5 Å². The number of hydrogen-bond acceptors (Lipinski definition) is 8. The van der Waals surface area contributed by atoms with Gasteiger partial charge in [0.05, 0.1) is 22.6 Å². The van der Waals surface area contributed by atoms with Crippen molar-refractivity contribution in [1.82, 2.24) is 9.97 Å². The third-order valence-corrected chi connectivity index (χ3v) is 4.69. The zero-order valence-electron chi connectivity index (χ0n) is 18.9. The van der Waals surface area contributed by atoms with E-state index in [0.717, 1.165) is 5.56 Å². The van der Waals surface area contributed by atoms with Crippen molar-refractivity contribution in [1.29, 1.82) is 0 Å². The quantitative estimate of drug-likeness (QED) is 0.636. The molecule has 2 aromatic heterocycles. The molecule has 0 radical (unpaired) electrons. The monoisotopic (exact) mass is 410 g/mol. The fraction of sp³-hybridized carbons (Fsp3) is 0.273. The van der Waals surface area contributed by atoms with Gasteiger partial charge in [-0.25, -0.2) is 9.97 Å². The Kier molecular flexibility index (Phi) is 4.79. The minimum Gasteiger partial charge on any atom is -0.493 e. The first kappa shape index (κ1) is 17.2. The summed E-state index contributed by atoms with van der Waals surface area (Å²) in [6.07, 6.45) is 2.43. The van der Waals surface area contributed by atoms with E-state index in [9.17, 15) is 0 Å². The van der Waals surface area contributed by atoms with Crippen molar-refractivity contribution in [2.75, 3.05) is 25.3 Å². The van der Waals surface area contributed by atoms with E-state index in [2.05, 4.69) is 15.3 Å². The van der Waals surface area contributed by atoms with Crippen LogP contribution in [0.1, 0.15) is 26.9 Å². The second-order valence-electron chi connectivity index (χ2n) is 6.69. The Labute approximate surface area is 177 Å². The van der Waals surface area contributed by atoms with Crippen molar-refractivity contribution >= 4 is 11.5 Å². The predicted octanol–water partition coefficient (Wildman–Crippen LogP) is 3.59. The van der Waals surface area contributed by atoms with E-state index < -0.39 is 12.6 Å². The van der Waals surface area contributed by atoms with Gasteiger partial charge in [0.15, 0.2) is 17.6 Å². The second-order valence-corrected chi connectivity index (χ2v) is 6.69. The largest absolute Gasteiger partial charge is 0.493 e. The molecule has 1 aliphatic heterocycles. The summed E-state index contributed by atoms with van der Waals surface area (Å²) in [7, 11) is 3.05. The highest BCUT2D eigenvalue weighted by molar-refractivity contribution is 5.61. The smallest absolute Gasteiger partial charge is 0.212 e. The van der Waals surface area contributed by atoms with Crippen molar-refractivity contribution in [3.05, 3.63) is 59.9 Å². The Morgan fingerprint density at radius 1 is 1.17 bits per heavy atom. The maximum atomic E-state index is 8.54. The average Bonchev–Trinajstić information content (AvgIpc) is 2.79. The van der Waals surface area contributed by atoms with Gasteiger partial charge >= 0.3 is 0 Å². The first-order valence-electron chi connectivity index (χ1n) is 10.4. The number of rotatable bonds is 6. The van der Waals surface area contributed by atoms with E-state index >= 15 is 0 Å². The molecule has 156 valence electrons. The molecule has 0 aliphatic carbocycles. The Morgan fingerprint density at radius 3 is 2.73 bits per heavy atom. The molecule has 0 unspecified atom stereocenters. The van der Waals surface area contributed by atoms with Crippen LogP contribution in [0, 0.1) is 0 Å². The number of pyridine rings is 2. The molecule has 0 spiro atoms. The van der Waals surface area contributed by atoms with Crippen LogP contribution in [0.5, 0.6) is 23.1 Å². The molecule has 8 nitrogen and oxygen atoms in total. The molecule has 2 atom stereocenters. The van der Waals surface area contributed by atoms with Gasteiger partial charge in [0.25, 0.3) is 0 Å². The third-order valence-electron chi connectivity index (χ3n) is 4.69. The molecule has 30 heavy (non-hydrogen) atoms. The highest BCUT2D eigenvalue weighted by atomic mass is 16.6. The number of nitrogens with one attached hydrogen (secondary N) is 1. The summed E-state index contributed by atoms with van der Waals surface area (Å²) >= 11 is 0. The summed E-state index contributed by atoms with van der Waals surface area (Å²) in [5.41, 5.74) is 7.34. The third kappa shape index (κ3) is 3.89. The van der Waals surface area contributed by atoms with Crippen LogP contribution in [0.2, 0.25) is 0 Å². The predicted molar refractivity (Wildman–Crippen MR) is 113 cm³/mol. The van der Waals surface area contributed by atoms with Crippen molar-refractivity contribution in [2.45, 2.75) is 25.6 Å².